The zero-order chi connectivity index (χ0) is 13.7. The third-order valence-electron chi connectivity index (χ3n) is 4.01. The topological polar surface area (TPSA) is 33.1 Å². The minimum Gasteiger partial charge on any atom is -0.396 e. The first-order chi connectivity index (χ1) is 9.23. The molecule has 1 aromatic carbocycles. The van der Waals surface area contributed by atoms with Crippen molar-refractivity contribution in [3.05, 3.63) is 29.3 Å². The summed E-state index contributed by atoms with van der Waals surface area (Å²) in [7, 11) is 0. The average molecular weight is 277 g/mol. The van der Waals surface area contributed by atoms with E-state index in [1.54, 1.807) is 11.3 Å². The minimum absolute atomic E-state index is 0.0177. The second-order valence-electron chi connectivity index (χ2n) is 5.37. The van der Waals surface area contributed by atoms with E-state index in [-0.39, 0.29) is 12.0 Å². The summed E-state index contributed by atoms with van der Waals surface area (Å²) in [6, 6.07) is 8.27. The van der Waals surface area contributed by atoms with E-state index < -0.39 is 0 Å². The van der Waals surface area contributed by atoms with Crippen LogP contribution in [0.1, 0.15) is 44.5 Å². The van der Waals surface area contributed by atoms with Crippen molar-refractivity contribution in [3.8, 4) is 0 Å². The maximum Gasteiger partial charge on any atom is 0.0945 e. The lowest BCUT2D eigenvalue weighted by molar-refractivity contribution is 0.107. The number of unbranched alkanes of at least 4 members (excludes halogenated alkanes) is 1. The smallest absolute Gasteiger partial charge is 0.0945 e. The molecule has 0 radical (unpaired) electrons. The van der Waals surface area contributed by atoms with Gasteiger partial charge in [0.15, 0.2) is 0 Å². The standard InChI is InChI=1S/C16H23NOS/c1-3-5-10-16(4-2,12-18)11-15-17-13-8-6-7-9-14(13)19-15/h6-9,18H,3-5,10-12H2,1-2H3. The molecule has 0 aliphatic rings. The maximum absolute atomic E-state index is 9.82. The van der Waals surface area contributed by atoms with Gasteiger partial charge in [0.25, 0.3) is 0 Å². The third-order valence-corrected chi connectivity index (χ3v) is 5.05. The molecular formula is C16H23NOS. The number of hydrogen-bond donors (Lipinski definition) is 1. The molecule has 19 heavy (non-hydrogen) atoms. The van der Waals surface area contributed by atoms with Crippen molar-refractivity contribution in [2.45, 2.75) is 46.0 Å². The minimum atomic E-state index is 0.0177. The van der Waals surface area contributed by atoms with Gasteiger partial charge in [-0.15, -0.1) is 11.3 Å². The van der Waals surface area contributed by atoms with Crippen molar-refractivity contribution in [3.63, 3.8) is 0 Å². The van der Waals surface area contributed by atoms with Crippen molar-refractivity contribution in [1.29, 1.82) is 0 Å². The second kappa shape index (κ2) is 6.49. The van der Waals surface area contributed by atoms with Gasteiger partial charge in [0, 0.05) is 13.0 Å². The van der Waals surface area contributed by atoms with E-state index >= 15 is 0 Å². The molecule has 1 N–H and O–H groups in total. The highest BCUT2D eigenvalue weighted by Gasteiger charge is 2.28. The van der Waals surface area contributed by atoms with Crippen LogP contribution in [-0.4, -0.2) is 16.7 Å². The largest absolute Gasteiger partial charge is 0.396 e. The summed E-state index contributed by atoms with van der Waals surface area (Å²) in [6.07, 6.45) is 5.37. The lowest BCUT2D eigenvalue weighted by Gasteiger charge is -2.29. The number of nitrogens with zero attached hydrogens (tertiary/aromatic N) is 1. The predicted octanol–water partition coefficient (Wildman–Crippen LogP) is 4.42. The van der Waals surface area contributed by atoms with Gasteiger partial charge in [0.2, 0.25) is 0 Å². The Kier molecular flexibility index (Phi) is 4.94. The summed E-state index contributed by atoms with van der Waals surface area (Å²) in [5.74, 6) is 0. The molecule has 0 spiro atoms. The van der Waals surface area contributed by atoms with Crippen molar-refractivity contribution >= 4 is 21.6 Å². The number of para-hydroxylation sites is 1. The molecule has 0 bridgehead atoms. The lowest BCUT2D eigenvalue weighted by atomic mass is 9.78. The molecule has 1 atom stereocenters. The fourth-order valence-corrected chi connectivity index (χ4v) is 3.65. The summed E-state index contributed by atoms with van der Waals surface area (Å²) < 4.78 is 1.25. The molecular weight excluding hydrogens is 254 g/mol. The Morgan fingerprint density at radius 3 is 2.68 bits per heavy atom. The fraction of sp³-hybridized carbons (Fsp3) is 0.562. The second-order valence-corrected chi connectivity index (χ2v) is 6.48. The molecule has 0 fully saturated rings. The van der Waals surface area contributed by atoms with E-state index in [0.717, 1.165) is 29.8 Å². The number of fused-ring (bicyclic) bond motifs is 1. The van der Waals surface area contributed by atoms with Crippen molar-refractivity contribution in [1.82, 2.24) is 4.98 Å². The highest BCUT2D eigenvalue weighted by molar-refractivity contribution is 7.18. The number of thiazole rings is 1. The zero-order valence-electron chi connectivity index (χ0n) is 11.9. The quantitative estimate of drug-likeness (QED) is 0.812. The Morgan fingerprint density at radius 2 is 2.05 bits per heavy atom. The monoisotopic (exact) mass is 277 g/mol. The first-order valence-corrected chi connectivity index (χ1v) is 8.00. The molecule has 104 valence electrons. The first kappa shape index (κ1) is 14.5. The van der Waals surface area contributed by atoms with Crippen LogP contribution in [0.15, 0.2) is 24.3 Å². The van der Waals surface area contributed by atoms with Crippen molar-refractivity contribution < 1.29 is 5.11 Å². The van der Waals surface area contributed by atoms with Gasteiger partial charge < -0.3 is 5.11 Å². The molecule has 0 aliphatic heterocycles. The maximum atomic E-state index is 9.82. The number of aliphatic hydroxyl groups is 1. The SMILES string of the molecule is CCCCC(CC)(CO)Cc1nc2ccccc2s1. The van der Waals surface area contributed by atoms with Crippen molar-refractivity contribution in [2.24, 2.45) is 5.41 Å². The molecule has 0 aliphatic carbocycles. The number of rotatable bonds is 7. The number of hydrogen-bond acceptors (Lipinski definition) is 3. The van der Waals surface area contributed by atoms with E-state index in [9.17, 15) is 5.11 Å². The summed E-state index contributed by atoms with van der Waals surface area (Å²) in [5.41, 5.74) is 1.10. The number of benzene rings is 1. The first-order valence-electron chi connectivity index (χ1n) is 7.18. The Morgan fingerprint density at radius 1 is 1.26 bits per heavy atom. The Bertz CT molecular complexity index is 483. The summed E-state index contributed by atoms with van der Waals surface area (Å²) in [5, 5.41) is 11.0. The predicted molar refractivity (Wildman–Crippen MR) is 82.7 cm³/mol. The van der Waals surface area contributed by atoms with E-state index in [2.05, 4.69) is 32.0 Å². The number of aromatic nitrogens is 1. The Labute approximate surface area is 119 Å². The molecule has 3 heteroatoms. The van der Waals surface area contributed by atoms with E-state index in [1.165, 1.54) is 17.5 Å². The fourth-order valence-electron chi connectivity index (χ4n) is 2.51. The van der Waals surface area contributed by atoms with Gasteiger partial charge in [-0.05, 0) is 30.4 Å². The van der Waals surface area contributed by atoms with Crippen LogP contribution in [0.4, 0.5) is 0 Å². The van der Waals surface area contributed by atoms with E-state index in [4.69, 9.17) is 4.98 Å². The van der Waals surface area contributed by atoms with Gasteiger partial charge in [-0.1, -0.05) is 38.8 Å². The van der Waals surface area contributed by atoms with Crippen LogP contribution < -0.4 is 0 Å². The van der Waals surface area contributed by atoms with Crippen LogP contribution in [0.25, 0.3) is 10.2 Å². The van der Waals surface area contributed by atoms with Gasteiger partial charge in [0.1, 0.15) is 0 Å². The Balaban J connectivity index is 2.20. The molecule has 2 aromatic rings. The highest BCUT2D eigenvalue weighted by atomic mass is 32.1. The molecule has 1 aromatic heterocycles. The summed E-state index contributed by atoms with van der Waals surface area (Å²) in [4.78, 5) is 4.71. The molecule has 0 saturated heterocycles. The molecule has 1 unspecified atom stereocenters. The van der Waals surface area contributed by atoms with E-state index in [0.29, 0.717) is 0 Å². The molecule has 2 nitrogen and oxygen atoms in total. The summed E-state index contributed by atoms with van der Waals surface area (Å²) >= 11 is 1.77. The van der Waals surface area contributed by atoms with Crippen LogP contribution in [-0.2, 0) is 6.42 Å². The van der Waals surface area contributed by atoms with Gasteiger partial charge in [-0.3, -0.25) is 0 Å². The Hall–Kier alpha value is -0.930. The highest BCUT2D eigenvalue weighted by Crippen LogP contribution is 2.35. The average Bonchev–Trinajstić information content (AvgIpc) is 2.85. The van der Waals surface area contributed by atoms with Crippen LogP contribution in [0.3, 0.4) is 0 Å². The zero-order valence-corrected chi connectivity index (χ0v) is 12.7. The molecule has 0 amide bonds. The van der Waals surface area contributed by atoms with Gasteiger partial charge in [0.05, 0.1) is 15.2 Å². The van der Waals surface area contributed by atoms with Crippen LogP contribution in [0.5, 0.6) is 0 Å². The molecule has 0 saturated carbocycles. The van der Waals surface area contributed by atoms with Crippen molar-refractivity contribution in [2.75, 3.05) is 6.61 Å². The third kappa shape index (κ3) is 3.34. The number of aliphatic hydroxyl groups excluding tert-OH is 1. The normalized spacial score (nSPS) is 14.7. The lowest BCUT2D eigenvalue weighted by Crippen LogP contribution is -2.27. The van der Waals surface area contributed by atoms with E-state index in [1.807, 2.05) is 6.07 Å². The van der Waals surface area contributed by atoms with Crippen LogP contribution in [0, 0.1) is 5.41 Å². The molecule has 2 rings (SSSR count). The summed E-state index contributed by atoms with van der Waals surface area (Å²) in [6.45, 7) is 4.65. The van der Waals surface area contributed by atoms with Crippen LogP contribution in [0.2, 0.25) is 0 Å². The van der Waals surface area contributed by atoms with Gasteiger partial charge in [-0.2, -0.15) is 0 Å². The van der Waals surface area contributed by atoms with Gasteiger partial charge in [-0.25, -0.2) is 4.98 Å². The van der Waals surface area contributed by atoms with Gasteiger partial charge >= 0.3 is 0 Å². The van der Waals surface area contributed by atoms with Crippen LogP contribution >= 0.6 is 11.3 Å². The molecule has 1 heterocycles.